The summed E-state index contributed by atoms with van der Waals surface area (Å²) < 4.78 is 16.5. The topological polar surface area (TPSA) is 98.2 Å². The van der Waals surface area contributed by atoms with E-state index < -0.39 is 17.7 Å². The highest BCUT2D eigenvalue weighted by molar-refractivity contribution is 6.46. The molecular weight excluding hydrogens is 460 g/mol. The highest BCUT2D eigenvalue weighted by atomic mass is 16.5. The van der Waals surface area contributed by atoms with Gasteiger partial charge in [-0.25, -0.2) is 0 Å². The third-order valence-corrected chi connectivity index (χ3v) is 6.29. The average Bonchev–Trinajstić information content (AvgIpc) is 3.14. The van der Waals surface area contributed by atoms with Crippen molar-refractivity contribution in [1.82, 2.24) is 9.88 Å². The van der Waals surface area contributed by atoms with Gasteiger partial charge in [0, 0.05) is 24.5 Å². The van der Waals surface area contributed by atoms with Crippen molar-refractivity contribution in [3.8, 4) is 17.2 Å². The van der Waals surface area contributed by atoms with Gasteiger partial charge in [-0.05, 0) is 60.9 Å². The van der Waals surface area contributed by atoms with E-state index in [4.69, 9.17) is 14.2 Å². The van der Waals surface area contributed by atoms with Gasteiger partial charge in [-0.3, -0.25) is 14.6 Å². The molecule has 3 aromatic rings. The lowest BCUT2D eigenvalue weighted by Gasteiger charge is -2.26. The number of aryl methyl sites for hydroxylation is 2. The number of carbonyl (C=O) groups excluding carboxylic acids is 2. The van der Waals surface area contributed by atoms with Crippen molar-refractivity contribution in [2.45, 2.75) is 26.4 Å². The molecule has 0 aliphatic carbocycles. The summed E-state index contributed by atoms with van der Waals surface area (Å²) in [6, 6.07) is 11.6. The van der Waals surface area contributed by atoms with E-state index in [0.29, 0.717) is 28.4 Å². The molecule has 0 radical (unpaired) electrons. The van der Waals surface area contributed by atoms with Crippen molar-refractivity contribution in [1.29, 1.82) is 0 Å². The summed E-state index contributed by atoms with van der Waals surface area (Å²) in [6.45, 7) is 3.88. The monoisotopic (exact) mass is 488 g/mol. The molecule has 1 saturated heterocycles. The third kappa shape index (κ3) is 4.37. The molecule has 2 heterocycles. The average molecular weight is 489 g/mol. The van der Waals surface area contributed by atoms with Crippen molar-refractivity contribution in [3.63, 3.8) is 0 Å². The fraction of sp³-hybridized carbons (Fsp3) is 0.250. The molecule has 1 aliphatic rings. The van der Waals surface area contributed by atoms with Crippen molar-refractivity contribution >= 4 is 17.4 Å². The summed E-state index contributed by atoms with van der Waals surface area (Å²) in [6.07, 6.45) is 3.24. The lowest BCUT2D eigenvalue weighted by molar-refractivity contribution is -0.140. The van der Waals surface area contributed by atoms with Gasteiger partial charge in [-0.2, -0.15) is 0 Å². The molecule has 4 rings (SSSR count). The number of Topliss-reactive ketones (excluding diaryl/α,β-unsaturated/α-hetero) is 1. The molecule has 1 aromatic heterocycles. The first-order valence-electron chi connectivity index (χ1n) is 11.4. The second-order valence-corrected chi connectivity index (χ2v) is 8.56. The summed E-state index contributed by atoms with van der Waals surface area (Å²) in [4.78, 5) is 32.2. The van der Waals surface area contributed by atoms with Gasteiger partial charge < -0.3 is 24.2 Å². The van der Waals surface area contributed by atoms with Gasteiger partial charge in [-0.15, -0.1) is 0 Å². The second-order valence-electron chi connectivity index (χ2n) is 8.56. The number of methoxy groups -OCH3 is 3. The van der Waals surface area contributed by atoms with Crippen LogP contribution in [-0.2, 0) is 16.1 Å². The molecule has 8 heteroatoms. The van der Waals surface area contributed by atoms with Crippen LogP contribution in [0.25, 0.3) is 5.76 Å². The van der Waals surface area contributed by atoms with Gasteiger partial charge >= 0.3 is 0 Å². The molecule has 1 aliphatic heterocycles. The zero-order valence-corrected chi connectivity index (χ0v) is 20.9. The Balaban J connectivity index is 1.98. The first-order chi connectivity index (χ1) is 17.3. The van der Waals surface area contributed by atoms with E-state index in [1.165, 1.54) is 26.2 Å². The smallest absolute Gasteiger partial charge is 0.295 e. The number of ether oxygens (including phenoxy) is 3. The summed E-state index contributed by atoms with van der Waals surface area (Å²) in [7, 11) is 4.48. The third-order valence-electron chi connectivity index (χ3n) is 6.29. The first-order valence-corrected chi connectivity index (χ1v) is 11.4. The molecule has 1 amide bonds. The number of aliphatic hydroxyl groups is 1. The number of hydrogen-bond donors (Lipinski definition) is 1. The second kappa shape index (κ2) is 10.1. The highest BCUT2D eigenvalue weighted by Gasteiger charge is 2.46. The number of hydrogen-bond acceptors (Lipinski definition) is 7. The van der Waals surface area contributed by atoms with Crippen LogP contribution in [0.5, 0.6) is 17.2 Å². The largest absolute Gasteiger partial charge is 0.507 e. The van der Waals surface area contributed by atoms with Crippen molar-refractivity contribution < 1.29 is 28.9 Å². The van der Waals surface area contributed by atoms with Gasteiger partial charge in [0.15, 0.2) is 11.5 Å². The molecule has 1 unspecified atom stereocenters. The molecule has 2 aromatic carbocycles. The number of pyridine rings is 1. The van der Waals surface area contributed by atoms with Crippen LogP contribution < -0.4 is 14.2 Å². The van der Waals surface area contributed by atoms with Crippen LogP contribution in [0.4, 0.5) is 0 Å². The molecular formula is C28H28N2O6. The summed E-state index contributed by atoms with van der Waals surface area (Å²) in [5.41, 5.74) is 3.51. The van der Waals surface area contributed by atoms with Crippen LogP contribution in [0.15, 0.2) is 60.4 Å². The van der Waals surface area contributed by atoms with Crippen LogP contribution in [0, 0.1) is 13.8 Å². The SMILES string of the molecule is COc1cc(C2C(=C(O)c3cc(C)ccc3C)C(=O)C(=O)N2Cc2ccncc2)cc(OC)c1OC. The Kier molecular flexibility index (Phi) is 6.96. The number of rotatable bonds is 7. The van der Waals surface area contributed by atoms with Gasteiger partial charge in [0.2, 0.25) is 5.75 Å². The number of nitrogens with zero attached hydrogens (tertiary/aromatic N) is 2. The van der Waals surface area contributed by atoms with Crippen molar-refractivity contribution in [3.05, 3.63) is 88.2 Å². The molecule has 186 valence electrons. The quantitative estimate of drug-likeness (QED) is 0.300. The Labute approximate surface area is 209 Å². The summed E-state index contributed by atoms with van der Waals surface area (Å²) in [5, 5.41) is 11.5. The van der Waals surface area contributed by atoms with Crippen molar-refractivity contribution in [2.75, 3.05) is 21.3 Å². The number of aromatic nitrogens is 1. The van der Waals surface area contributed by atoms with E-state index in [9.17, 15) is 14.7 Å². The number of ketones is 1. The summed E-state index contributed by atoms with van der Waals surface area (Å²) in [5.74, 6) is -0.588. The maximum Gasteiger partial charge on any atom is 0.295 e. The minimum absolute atomic E-state index is 0.00275. The standard InChI is InChI=1S/C28H28N2O6/c1-16-6-7-17(2)20(12-16)25(31)23-24(19-13-21(34-3)27(36-5)22(14-19)35-4)30(28(33)26(23)32)15-18-8-10-29-11-9-18/h6-14,24,31H,15H2,1-5H3. The maximum absolute atomic E-state index is 13.4. The lowest BCUT2D eigenvalue weighted by Crippen LogP contribution is -2.29. The molecule has 0 bridgehead atoms. The van der Waals surface area contributed by atoms with E-state index in [1.807, 2.05) is 26.0 Å². The van der Waals surface area contributed by atoms with E-state index in [0.717, 1.165) is 16.7 Å². The minimum Gasteiger partial charge on any atom is -0.507 e. The lowest BCUT2D eigenvalue weighted by atomic mass is 9.92. The number of carbonyl (C=O) groups is 2. The summed E-state index contributed by atoms with van der Waals surface area (Å²) >= 11 is 0. The molecule has 1 N–H and O–H groups in total. The molecule has 0 spiro atoms. The number of benzene rings is 2. The Bertz CT molecular complexity index is 1320. The Morgan fingerprint density at radius 1 is 0.944 bits per heavy atom. The Morgan fingerprint density at radius 2 is 1.58 bits per heavy atom. The van der Waals surface area contributed by atoms with Crippen LogP contribution in [0.1, 0.15) is 33.9 Å². The van der Waals surface area contributed by atoms with Gasteiger partial charge in [-0.1, -0.05) is 17.7 Å². The Hall–Kier alpha value is -4.33. The van der Waals surface area contributed by atoms with E-state index in [-0.39, 0.29) is 17.9 Å². The van der Waals surface area contributed by atoms with Gasteiger partial charge in [0.1, 0.15) is 5.76 Å². The van der Waals surface area contributed by atoms with Crippen LogP contribution in [0.3, 0.4) is 0 Å². The van der Waals surface area contributed by atoms with Crippen LogP contribution in [0.2, 0.25) is 0 Å². The molecule has 8 nitrogen and oxygen atoms in total. The maximum atomic E-state index is 13.4. The van der Waals surface area contributed by atoms with Gasteiger partial charge in [0.05, 0.1) is 32.9 Å². The molecule has 1 fully saturated rings. The fourth-order valence-electron chi connectivity index (χ4n) is 4.47. The van der Waals surface area contributed by atoms with Gasteiger partial charge in [0.25, 0.3) is 11.7 Å². The zero-order chi connectivity index (χ0) is 26.0. The van der Waals surface area contributed by atoms with E-state index in [1.54, 1.807) is 42.7 Å². The van der Waals surface area contributed by atoms with Crippen LogP contribution in [-0.4, -0.2) is 48.0 Å². The van der Waals surface area contributed by atoms with Crippen LogP contribution >= 0.6 is 0 Å². The van der Waals surface area contributed by atoms with Crippen molar-refractivity contribution in [2.24, 2.45) is 0 Å². The normalized spacial score (nSPS) is 16.8. The molecule has 36 heavy (non-hydrogen) atoms. The number of likely N-dealkylation sites (tertiary alicyclic amines) is 1. The highest BCUT2D eigenvalue weighted by Crippen LogP contribution is 2.46. The van der Waals surface area contributed by atoms with E-state index >= 15 is 0 Å². The van der Waals surface area contributed by atoms with E-state index in [2.05, 4.69) is 4.98 Å². The number of amides is 1. The number of aliphatic hydroxyl groups excluding tert-OH is 1. The Morgan fingerprint density at radius 3 is 2.17 bits per heavy atom. The molecule has 1 atom stereocenters. The molecule has 0 saturated carbocycles. The zero-order valence-electron chi connectivity index (χ0n) is 20.9. The predicted molar refractivity (Wildman–Crippen MR) is 134 cm³/mol. The predicted octanol–water partition coefficient (Wildman–Crippen LogP) is 4.35. The minimum atomic E-state index is -0.896. The first kappa shape index (κ1) is 24.8. The fourth-order valence-corrected chi connectivity index (χ4v) is 4.47.